The molecule has 0 aliphatic rings. The van der Waals surface area contributed by atoms with Crippen LogP contribution in [0.5, 0.6) is 11.5 Å². The summed E-state index contributed by atoms with van der Waals surface area (Å²) in [5, 5.41) is 3.94. The number of hydrogen-bond donors (Lipinski definition) is 1. The quantitative estimate of drug-likeness (QED) is 0.402. The molecular weight excluding hydrogens is 424 g/mol. The van der Waals surface area contributed by atoms with Gasteiger partial charge in [-0.25, -0.2) is 5.43 Å². The van der Waals surface area contributed by atoms with Crippen LogP contribution in [0.2, 0.25) is 0 Å². The van der Waals surface area contributed by atoms with Crippen molar-refractivity contribution in [2.24, 2.45) is 5.10 Å². The van der Waals surface area contributed by atoms with Gasteiger partial charge in [-0.15, -0.1) is 0 Å². The number of ether oxygens (including phenoxy) is 2. The fourth-order valence-corrected chi connectivity index (χ4v) is 2.63. The van der Waals surface area contributed by atoms with Gasteiger partial charge in [0.15, 0.2) is 17.3 Å². The highest BCUT2D eigenvalue weighted by Gasteiger charge is 2.08. The Balaban J connectivity index is 1.65. The van der Waals surface area contributed by atoms with Crippen LogP contribution in [0.4, 0.5) is 0 Å². The Labute approximate surface area is 171 Å². The van der Waals surface area contributed by atoms with Gasteiger partial charge in [0.2, 0.25) is 0 Å². The van der Waals surface area contributed by atoms with Gasteiger partial charge < -0.3 is 13.9 Å². The molecule has 1 amide bonds. The van der Waals surface area contributed by atoms with Crippen molar-refractivity contribution in [1.29, 1.82) is 0 Å². The molecule has 0 fully saturated rings. The molecule has 28 heavy (non-hydrogen) atoms. The lowest BCUT2D eigenvalue weighted by molar-refractivity contribution is 0.0927. The topological polar surface area (TPSA) is 73.1 Å². The van der Waals surface area contributed by atoms with E-state index >= 15 is 0 Å². The van der Waals surface area contributed by atoms with Crippen LogP contribution in [-0.2, 0) is 6.61 Å². The van der Waals surface area contributed by atoms with Crippen molar-refractivity contribution < 1.29 is 18.7 Å². The van der Waals surface area contributed by atoms with Gasteiger partial charge in [-0.05, 0) is 60.5 Å². The van der Waals surface area contributed by atoms with E-state index in [1.807, 2.05) is 49.4 Å². The summed E-state index contributed by atoms with van der Waals surface area (Å²) in [6.07, 6.45) is 2.96. The zero-order valence-electron chi connectivity index (χ0n) is 15.2. The Morgan fingerprint density at radius 2 is 1.96 bits per heavy atom. The minimum absolute atomic E-state index is 0.198. The normalized spacial score (nSPS) is 10.8. The first-order valence-electron chi connectivity index (χ1n) is 8.66. The highest BCUT2D eigenvalue weighted by atomic mass is 79.9. The summed E-state index contributed by atoms with van der Waals surface area (Å²) < 4.78 is 17.6. The average molecular weight is 443 g/mol. The molecule has 3 rings (SSSR count). The zero-order chi connectivity index (χ0) is 19.8. The molecule has 0 spiro atoms. The molecule has 1 heterocycles. The standard InChI is InChI=1S/C21H19BrN2O4/c1-2-26-20-12-16(13-23-24-21(25)19-4-3-11-27-19)7-10-18(20)28-14-15-5-8-17(22)9-6-15/h3-13H,2,14H2,1H3,(H,24,25)/b23-13-. The van der Waals surface area contributed by atoms with E-state index in [4.69, 9.17) is 13.9 Å². The Morgan fingerprint density at radius 3 is 2.68 bits per heavy atom. The molecule has 7 heteroatoms. The third-order valence-electron chi connectivity index (χ3n) is 3.70. The minimum atomic E-state index is -0.416. The molecular formula is C21H19BrN2O4. The zero-order valence-corrected chi connectivity index (χ0v) is 16.8. The smallest absolute Gasteiger partial charge is 0.307 e. The van der Waals surface area contributed by atoms with Crippen molar-refractivity contribution >= 4 is 28.1 Å². The second-order valence-electron chi connectivity index (χ2n) is 5.73. The van der Waals surface area contributed by atoms with E-state index in [9.17, 15) is 4.79 Å². The van der Waals surface area contributed by atoms with E-state index in [1.54, 1.807) is 12.1 Å². The van der Waals surface area contributed by atoms with Crippen LogP contribution in [0, 0.1) is 0 Å². The predicted molar refractivity (Wildman–Crippen MR) is 110 cm³/mol. The van der Waals surface area contributed by atoms with Crippen LogP contribution in [0.15, 0.2) is 74.9 Å². The lowest BCUT2D eigenvalue weighted by Gasteiger charge is -2.12. The third kappa shape index (κ3) is 5.47. The fourth-order valence-electron chi connectivity index (χ4n) is 2.36. The van der Waals surface area contributed by atoms with Gasteiger partial charge in [0, 0.05) is 4.47 Å². The van der Waals surface area contributed by atoms with Crippen molar-refractivity contribution in [2.45, 2.75) is 13.5 Å². The Hall–Kier alpha value is -3.06. The molecule has 1 N–H and O–H groups in total. The molecule has 0 aliphatic heterocycles. The lowest BCUT2D eigenvalue weighted by Crippen LogP contribution is -2.16. The van der Waals surface area contributed by atoms with E-state index in [0.717, 1.165) is 15.6 Å². The lowest BCUT2D eigenvalue weighted by atomic mass is 10.2. The summed E-state index contributed by atoms with van der Waals surface area (Å²) >= 11 is 3.42. The molecule has 0 radical (unpaired) electrons. The van der Waals surface area contributed by atoms with Crippen LogP contribution < -0.4 is 14.9 Å². The van der Waals surface area contributed by atoms with Crippen molar-refractivity contribution in [1.82, 2.24) is 5.43 Å². The number of carbonyl (C=O) groups excluding carboxylic acids is 1. The Morgan fingerprint density at radius 1 is 1.14 bits per heavy atom. The minimum Gasteiger partial charge on any atom is -0.490 e. The largest absolute Gasteiger partial charge is 0.490 e. The van der Waals surface area contributed by atoms with E-state index in [-0.39, 0.29) is 5.76 Å². The number of hydrogen-bond acceptors (Lipinski definition) is 5. The van der Waals surface area contributed by atoms with Gasteiger partial charge in [0.25, 0.3) is 0 Å². The fraction of sp³-hybridized carbons (Fsp3) is 0.143. The van der Waals surface area contributed by atoms with E-state index in [2.05, 4.69) is 26.5 Å². The maximum absolute atomic E-state index is 11.8. The highest BCUT2D eigenvalue weighted by Crippen LogP contribution is 2.29. The van der Waals surface area contributed by atoms with Crippen molar-refractivity contribution in [3.05, 3.63) is 82.2 Å². The summed E-state index contributed by atoms with van der Waals surface area (Å²) in [4.78, 5) is 11.8. The number of rotatable bonds is 8. The number of amides is 1. The SMILES string of the molecule is CCOc1cc(/C=N\NC(=O)c2ccco2)ccc1OCc1ccc(Br)cc1. The van der Waals surface area contributed by atoms with Gasteiger partial charge in [-0.1, -0.05) is 28.1 Å². The summed E-state index contributed by atoms with van der Waals surface area (Å²) in [5.74, 6) is 1.03. The number of halogens is 1. The number of nitrogens with zero attached hydrogens (tertiary/aromatic N) is 1. The summed E-state index contributed by atoms with van der Waals surface area (Å²) in [5.41, 5.74) is 4.23. The summed E-state index contributed by atoms with van der Waals surface area (Å²) in [6, 6.07) is 16.6. The molecule has 0 saturated heterocycles. The second kappa shape index (κ2) is 9.75. The van der Waals surface area contributed by atoms with Crippen LogP contribution in [0.1, 0.15) is 28.6 Å². The molecule has 144 valence electrons. The number of nitrogens with one attached hydrogen (secondary N) is 1. The Kier molecular flexibility index (Phi) is 6.86. The van der Waals surface area contributed by atoms with E-state index < -0.39 is 5.91 Å². The van der Waals surface area contributed by atoms with Crippen molar-refractivity contribution in [3.8, 4) is 11.5 Å². The molecule has 0 unspecified atom stereocenters. The number of hydrazone groups is 1. The molecule has 1 aromatic heterocycles. The summed E-state index contributed by atoms with van der Waals surface area (Å²) in [7, 11) is 0. The monoisotopic (exact) mass is 442 g/mol. The van der Waals surface area contributed by atoms with Crippen molar-refractivity contribution in [2.75, 3.05) is 6.61 Å². The predicted octanol–water partition coefficient (Wildman–Crippen LogP) is 4.78. The first-order valence-corrected chi connectivity index (χ1v) is 9.46. The number of furan rings is 1. The van der Waals surface area contributed by atoms with Crippen LogP contribution in [0.25, 0.3) is 0 Å². The maximum Gasteiger partial charge on any atom is 0.307 e. The van der Waals surface area contributed by atoms with E-state index in [1.165, 1.54) is 12.5 Å². The first kappa shape index (κ1) is 19.7. The first-order chi connectivity index (χ1) is 13.7. The van der Waals surface area contributed by atoms with Gasteiger partial charge in [-0.3, -0.25) is 4.79 Å². The molecule has 0 atom stereocenters. The van der Waals surface area contributed by atoms with Crippen LogP contribution >= 0.6 is 15.9 Å². The highest BCUT2D eigenvalue weighted by molar-refractivity contribution is 9.10. The van der Waals surface area contributed by atoms with Gasteiger partial charge >= 0.3 is 5.91 Å². The van der Waals surface area contributed by atoms with Gasteiger partial charge in [0.05, 0.1) is 19.1 Å². The van der Waals surface area contributed by atoms with Crippen molar-refractivity contribution in [3.63, 3.8) is 0 Å². The Bertz CT molecular complexity index is 938. The molecule has 0 aliphatic carbocycles. The third-order valence-corrected chi connectivity index (χ3v) is 4.23. The van der Waals surface area contributed by atoms with E-state index in [0.29, 0.717) is 24.7 Å². The molecule has 3 aromatic rings. The average Bonchev–Trinajstić information content (AvgIpc) is 3.24. The number of carbonyl (C=O) groups is 1. The molecule has 0 saturated carbocycles. The number of benzene rings is 2. The van der Waals surface area contributed by atoms with Crippen LogP contribution in [-0.4, -0.2) is 18.7 Å². The molecule has 6 nitrogen and oxygen atoms in total. The van der Waals surface area contributed by atoms with Gasteiger partial charge in [-0.2, -0.15) is 5.10 Å². The molecule has 0 bridgehead atoms. The summed E-state index contributed by atoms with van der Waals surface area (Å²) in [6.45, 7) is 2.84. The van der Waals surface area contributed by atoms with Gasteiger partial charge in [0.1, 0.15) is 6.61 Å². The maximum atomic E-state index is 11.8. The second-order valence-corrected chi connectivity index (χ2v) is 6.65. The van der Waals surface area contributed by atoms with Crippen LogP contribution in [0.3, 0.4) is 0 Å². The molecule has 2 aromatic carbocycles.